The van der Waals surface area contributed by atoms with Crippen molar-refractivity contribution in [2.75, 3.05) is 24.5 Å². The van der Waals surface area contributed by atoms with E-state index in [1.54, 1.807) is 6.07 Å². The van der Waals surface area contributed by atoms with E-state index < -0.39 is 0 Å². The Bertz CT molecular complexity index is 512. The van der Waals surface area contributed by atoms with Crippen LogP contribution in [-0.4, -0.2) is 25.2 Å². The molecule has 1 N–H and O–H groups in total. The summed E-state index contributed by atoms with van der Waals surface area (Å²) in [5.74, 6) is 0. The number of nitrogens with one attached hydrogen (secondary N) is 1. The first-order chi connectivity index (χ1) is 10.1. The predicted octanol–water partition coefficient (Wildman–Crippen LogP) is 5.15. The van der Waals surface area contributed by atoms with E-state index in [0.717, 1.165) is 31.7 Å². The second-order valence-electron chi connectivity index (χ2n) is 6.26. The minimum Gasteiger partial charge on any atom is -0.368 e. The fourth-order valence-corrected chi connectivity index (χ4v) is 4.31. The lowest BCUT2D eigenvalue weighted by atomic mass is 9.81. The molecule has 0 radical (unpaired) electrons. The van der Waals surface area contributed by atoms with Gasteiger partial charge in [-0.05, 0) is 37.9 Å². The van der Waals surface area contributed by atoms with Crippen molar-refractivity contribution in [1.82, 2.24) is 5.32 Å². The molecule has 0 unspecified atom stereocenters. The Morgan fingerprint density at radius 3 is 2.38 bits per heavy atom. The molecule has 2 aliphatic rings. The van der Waals surface area contributed by atoms with Crippen LogP contribution in [0.4, 0.5) is 5.69 Å². The average Bonchev–Trinajstić information content (AvgIpc) is 2.66. The van der Waals surface area contributed by atoms with Crippen LogP contribution in [0.3, 0.4) is 0 Å². The van der Waals surface area contributed by atoms with Crippen molar-refractivity contribution < 1.29 is 0 Å². The molecule has 0 bridgehead atoms. The van der Waals surface area contributed by atoms with Gasteiger partial charge in [0.25, 0.3) is 0 Å². The molecule has 116 valence electrons. The van der Waals surface area contributed by atoms with Gasteiger partial charge in [-0.1, -0.05) is 54.1 Å². The quantitative estimate of drug-likeness (QED) is 0.707. The molecule has 1 aliphatic heterocycles. The highest BCUT2D eigenvalue weighted by Gasteiger charge is 2.35. The Morgan fingerprint density at radius 1 is 0.905 bits per heavy atom. The molecule has 0 aromatic heterocycles. The Hall–Kier alpha value is -0.150. The van der Waals surface area contributed by atoms with Gasteiger partial charge in [-0.3, -0.25) is 0 Å². The summed E-state index contributed by atoms with van der Waals surface area (Å²) in [7, 11) is 0. The second kappa shape index (κ2) is 6.54. The molecule has 1 spiro atoms. The van der Waals surface area contributed by atoms with E-state index in [9.17, 15) is 0 Å². The van der Waals surface area contributed by atoms with Crippen LogP contribution in [0.25, 0.3) is 0 Å². The van der Waals surface area contributed by atoms with Gasteiger partial charge in [0.15, 0.2) is 0 Å². The van der Waals surface area contributed by atoms with Gasteiger partial charge in [0, 0.05) is 18.6 Å². The molecule has 1 aromatic carbocycles. The third kappa shape index (κ3) is 3.44. The van der Waals surface area contributed by atoms with Gasteiger partial charge in [0.1, 0.15) is 0 Å². The molecule has 0 amide bonds. The predicted molar refractivity (Wildman–Crippen MR) is 92.1 cm³/mol. The normalized spacial score (nSPS) is 22.3. The largest absolute Gasteiger partial charge is 0.368 e. The van der Waals surface area contributed by atoms with Gasteiger partial charge >= 0.3 is 0 Å². The summed E-state index contributed by atoms with van der Waals surface area (Å²) < 4.78 is 0. The van der Waals surface area contributed by atoms with E-state index in [0.29, 0.717) is 15.1 Å². The van der Waals surface area contributed by atoms with Crippen LogP contribution in [0.1, 0.15) is 38.5 Å². The summed E-state index contributed by atoms with van der Waals surface area (Å²) >= 11 is 18.7. The zero-order chi connectivity index (χ0) is 14.9. The number of benzene rings is 1. The molecule has 3 rings (SSSR count). The molecule has 2 nitrogen and oxygen atoms in total. The molecule has 1 aromatic rings. The van der Waals surface area contributed by atoms with Crippen molar-refractivity contribution >= 4 is 40.5 Å². The van der Waals surface area contributed by atoms with Crippen molar-refractivity contribution in [3.8, 4) is 0 Å². The Morgan fingerprint density at radius 2 is 1.62 bits per heavy atom. The SMILES string of the molecule is Clc1cc(Cl)c(N2CCCNC3(CCCCC3)C2)cc1Cl. The van der Waals surface area contributed by atoms with Crippen molar-refractivity contribution in [3.05, 3.63) is 27.2 Å². The number of hydrogen-bond acceptors (Lipinski definition) is 2. The second-order valence-corrected chi connectivity index (χ2v) is 7.48. The standard InChI is InChI=1S/C16H21Cl3N2/c17-12-9-14(19)15(10-13(12)18)21-8-4-7-20-16(11-21)5-2-1-3-6-16/h9-10,20H,1-8,11H2. The first-order valence-corrected chi connectivity index (χ1v) is 8.88. The summed E-state index contributed by atoms with van der Waals surface area (Å²) in [6, 6.07) is 3.67. The Labute approximate surface area is 141 Å². The van der Waals surface area contributed by atoms with E-state index in [4.69, 9.17) is 34.8 Å². The number of hydrogen-bond donors (Lipinski definition) is 1. The molecule has 1 aliphatic carbocycles. The number of nitrogens with zero attached hydrogens (tertiary/aromatic N) is 1. The summed E-state index contributed by atoms with van der Waals surface area (Å²) in [4.78, 5) is 2.38. The zero-order valence-electron chi connectivity index (χ0n) is 12.1. The molecule has 21 heavy (non-hydrogen) atoms. The summed E-state index contributed by atoms with van der Waals surface area (Å²) in [5.41, 5.74) is 1.25. The van der Waals surface area contributed by atoms with Crippen LogP contribution in [-0.2, 0) is 0 Å². The fourth-order valence-electron chi connectivity index (χ4n) is 3.65. The molecule has 1 heterocycles. The first-order valence-electron chi connectivity index (χ1n) is 7.74. The molecule has 1 saturated carbocycles. The summed E-state index contributed by atoms with van der Waals surface area (Å²) in [6.07, 6.45) is 7.62. The lowest BCUT2D eigenvalue weighted by molar-refractivity contribution is 0.246. The third-order valence-electron chi connectivity index (χ3n) is 4.74. The van der Waals surface area contributed by atoms with Crippen LogP contribution < -0.4 is 10.2 Å². The minimum atomic E-state index is 0.240. The van der Waals surface area contributed by atoms with Crippen LogP contribution in [0, 0.1) is 0 Å². The number of halogens is 3. The highest BCUT2D eigenvalue weighted by atomic mass is 35.5. The Balaban J connectivity index is 1.88. The van der Waals surface area contributed by atoms with Gasteiger partial charge in [-0.25, -0.2) is 0 Å². The molecule has 1 saturated heterocycles. The van der Waals surface area contributed by atoms with Gasteiger partial charge in [0.2, 0.25) is 0 Å². The zero-order valence-corrected chi connectivity index (χ0v) is 14.4. The van der Waals surface area contributed by atoms with Gasteiger partial charge < -0.3 is 10.2 Å². The monoisotopic (exact) mass is 346 g/mol. The molecular weight excluding hydrogens is 327 g/mol. The van der Waals surface area contributed by atoms with Crippen LogP contribution in [0.5, 0.6) is 0 Å². The van der Waals surface area contributed by atoms with E-state index in [1.165, 1.54) is 32.1 Å². The van der Waals surface area contributed by atoms with Crippen LogP contribution in [0.2, 0.25) is 15.1 Å². The lowest BCUT2D eigenvalue weighted by Gasteiger charge is -2.40. The molecule has 2 fully saturated rings. The molecule has 0 atom stereocenters. The first kappa shape index (κ1) is 15.7. The highest BCUT2D eigenvalue weighted by Crippen LogP contribution is 2.37. The van der Waals surface area contributed by atoms with E-state index >= 15 is 0 Å². The van der Waals surface area contributed by atoms with Gasteiger partial charge in [-0.2, -0.15) is 0 Å². The maximum absolute atomic E-state index is 6.41. The fraction of sp³-hybridized carbons (Fsp3) is 0.625. The number of anilines is 1. The van der Waals surface area contributed by atoms with Gasteiger partial charge in [-0.15, -0.1) is 0 Å². The maximum atomic E-state index is 6.41. The summed E-state index contributed by atoms with van der Waals surface area (Å²) in [5, 5.41) is 5.58. The smallest absolute Gasteiger partial charge is 0.0655 e. The maximum Gasteiger partial charge on any atom is 0.0655 e. The van der Waals surface area contributed by atoms with E-state index in [1.807, 2.05) is 6.07 Å². The number of rotatable bonds is 1. The molecule has 5 heteroatoms. The highest BCUT2D eigenvalue weighted by molar-refractivity contribution is 6.44. The van der Waals surface area contributed by atoms with Crippen LogP contribution >= 0.6 is 34.8 Å². The van der Waals surface area contributed by atoms with E-state index in [2.05, 4.69) is 10.2 Å². The van der Waals surface area contributed by atoms with Crippen molar-refractivity contribution in [2.45, 2.75) is 44.1 Å². The third-order valence-corrected chi connectivity index (χ3v) is 5.76. The van der Waals surface area contributed by atoms with Crippen molar-refractivity contribution in [3.63, 3.8) is 0 Å². The van der Waals surface area contributed by atoms with Crippen molar-refractivity contribution in [2.24, 2.45) is 0 Å². The van der Waals surface area contributed by atoms with Crippen molar-refractivity contribution in [1.29, 1.82) is 0 Å². The molecular formula is C16H21Cl3N2. The summed E-state index contributed by atoms with van der Waals surface area (Å²) in [6.45, 7) is 3.09. The topological polar surface area (TPSA) is 15.3 Å². The van der Waals surface area contributed by atoms with Crippen LogP contribution in [0.15, 0.2) is 12.1 Å². The minimum absolute atomic E-state index is 0.240. The van der Waals surface area contributed by atoms with E-state index in [-0.39, 0.29) is 5.54 Å². The average molecular weight is 348 g/mol. The lowest BCUT2D eigenvalue weighted by Crippen LogP contribution is -2.52. The Kier molecular flexibility index (Phi) is 4.90. The van der Waals surface area contributed by atoms with Gasteiger partial charge in [0.05, 0.1) is 20.8 Å².